The van der Waals surface area contributed by atoms with E-state index in [4.69, 9.17) is 9.72 Å². The Morgan fingerprint density at radius 3 is 2.30 bits per heavy atom. The lowest BCUT2D eigenvalue weighted by molar-refractivity contribution is 0.0883. The summed E-state index contributed by atoms with van der Waals surface area (Å²) in [7, 11) is 0. The van der Waals surface area contributed by atoms with Gasteiger partial charge in [0, 0.05) is 5.39 Å². The first-order valence-corrected chi connectivity index (χ1v) is 12.1. The van der Waals surface area contributed by atoms with Gasteiger partial charge in [0.25, 0.3) is 0 Å². The number of rotatable bonds is 4. The van der Waals surface area contributed by atoms with Crippen LogP contribution in [0.4, 0.5) is 0 Å². The summed E-state index contributed by atoms with van der Waals surface area (Å²) in [5.41, 5.74) is 2.74. The van der Waals surface area contributed by atoms with Gasteiger partial charge in [-0.2, -0.15) is 0 Å². The van der Waals surface area contributed by atoms with Crippen LogP contribution in [0, 0.1) is 11.3 Å². The molecular formula is C25H36N2O2S. The average Bonchev–Trinajstić information content (AvgIpc) is 2.66. The first-order chi connectivity index (χ1) is 13.9. The van der Waals surface area contributed by atoms with Crippen LogP contribution in [0.5, 0.6) is 5.75 Å². The number of aromatic nitrogens is 1. The van der Waals surface area contributed by atoms with Gasteiger partial charge in [-0.25, -0.2) is 4.98 Å². The smallest absolute Gasteiger partial charge is 0.144 e. The van der Waals surface area contributed by atoms with Crippen molar-refractivity contribution in [2.45, 2.75) is 85.0 Å². The van der Waals surface area contributed by atoms with Crippen LogP contribution in [0.3, 0.4) is 0 Å². The minimum absolute atomic E-state index is 0.301. The van der Waals surface area contributed by atoms with Gasteiger partial charge in [-0.1, -0.05) is 31.2 Å². The zero-order valence-electron chi connectivity index (χ0n) is 19.5. The largest absolute Gasteiger partial charge is 0.591 e. The second kappa shape index (κ2) is 8.88. The summed E-state index contributed by atoms with van der Waals surface area (Å²) in [4.78, 5) is 4.71. The van der Waals surface area contributed by atoms with Gasteiger partial charge in [-0.15, -0.1) is 0 Å². The van der Waals surface area contributed by atoms with E-state index in [1.165, 1.54) is 12.8 Å². The van der Waals surface area contributed by atoms with Crippen LogP contribution in [-0.2, 0) is 11.4 Å². The number of hydrogen-bond donors (Lipinski definition) is 0. The Morgan fingerprint density at radius 1 is 1.03 bits per heavy atom. The third kappa shape index (κ3) is 5.76. The van der Waals surface area contributed by atoms with E-state index in [0.717, 1.165) is 41.1 Å². The van der Waals surface area contributed by atoms with Crippen LogP contribution in [0.25, 0.3) is 10.9 Å². The molecule has 1 aliphatic rings. The predicted octanol–water partition coefficient (Wildman–Crippen LogP) is 6.49. The fraction of sp³-hybridized carbons (Fsp3) is 0.600. The zero-order valence-corrected chi connectivity index (χ0v) is 20.3. The Kier molecular flexibility index (Phi) is 6.83. The molecule has 30 heavy (non-hydrogen) atoms. The van der Waals surface area contributed by atoms with Crippen molar-refractivity contribution in [1.29, 1.82) is 0 Å². The molecule has 1 heterocycles. The van der Waals surface area contributed by atoms with Crippen LogP contribution >= 0.6 is 0 Å². The van der Waals surface area contributed by atoms with Gasteiger partial charge >= 0.3 is 0 Å². The lowest BCUT2D eigenvalue weighted by Crippen LogP contribution is -2.30. The van der Waals surface area contributed by atoms with Crippen molar-refractivity contribution in [3.05, 3.63) is 36.0 Å². The van der Waals surface area contributed by atoms with Gasteiger partial charge in [0.1, 0.15) is 27.6 Å². The summed E-state index contributed by atoms with van der Waals surface area (Å²) in [6.45, 7) is 14.7. The van der Waals surface area contributed by atoms with E-state index in [-0.39, 0.29) is 4.75 Å². The van der Waals surface area contributed by atoms with Gasteiger partial charge in [-0.3, -0.25) is 0 Å². The molecule has 0 unspecified atom stereocenters. The maximum Gasteiger partial charge on any atom is 0.144 e. The topological polar surface area (TPSA) is 57.5 Å². The predicted molar refractivity (Wildman–Crippen MR) is 128 cm³/mol. The first-order valence-electron chi connectivity index (χ1n) is 11.0. The van der Waals surface area contributed by atoms with Crippen molar-refractivity contribution < 1.29 is 9.29 Å². The van der Waals surface area contributed by atoms with E-state index >= 15 is 0 Å². The molecule has 4 nitrogen and oxygen atoms in total. The van der Waals surface area contributed by atoms with E-state index in [2.05, 4.69) is 31.2 Å². The quantitative estimate of drug-likeness (QED) is 0.413. The third-order valence-corrected chi connectivity index (χ3v) is 7.46. The molecule has 2 aromatic rings. The standard InChI is InChI=1S/C25H36N2O2S/c1-17(27-30(28)25(5,6)7)22-14-8-18-16-21(13-15-23(18)26-22)29-20-11-9-19(10-12-20)24(2,3)4/h8,13-16,19-20H,9-12H2,1-7H3/t19-,20-,30-/m1/s1. The fourth-order valence-corrected chi connectivity index (χ4v) is 4.54. The maximum absolute atomic E-state index is 12.3. The average molecular weight is 429 g/mol. The summed E-state index contributed by atoms with van der Waals surface area (Å²) in [5.74, 6) is 1.70. The summed E-state index contributed by atoms with van der Waals surface area (Å²) >= 11 is -1.29. The molecule has 3 rings (SSSR count). The molecule has 1 aliphatic carbocycles. The summed E-state index contributed by atoms with van der Waals surface area (Å²) in [6.07, 6.45) is 5.02. The molecule has 164 valence electrons. The van der Waals surface area contributed by atoms with Crippen LogP contribution < -0.4 is 4.74 Å². The second-order valence-electron chi connectivity index (χ2n) is 10.5. The Hall–Kier alpha value is -1.59. The minimum Gasteiger partial charge on any atom is -0.591 e. The molecule has 1 atom stereocenters. The molecule has 0 bridgehead atoms. The van der Waals surface area contributed by atoms with Crippen LogP contribution in [0.15, 0.2) is 34.7 Å². The van der Waals surface area contributed by atoms with E-state index in [1.807, 2.05) is 52.0 Å². The van der Waals surface area contributed by atoms with Gasteiger partial charge in [-0.05, 0) is 89.0 Å². The molecule has 1 saturated carbocycles. The Morgan fingerprint density at radius 2 is 1.70 bits per heavy atom. The number of nitrogens with zero attached hydrogens (tertiary/aromatic N) is 2. The SMILES string of the molecule is CC(=N[S@+]([O-])C(C)(C)C)c1ccc2cc(O[C@H]3CC[C@H](C(C)(C)C)CC3)ccc2n1. The van der Waals surface area contributed by atoms with Crippen molar-refractivity contribution in [2.24, 2.45) is 15.7 Å². The molecule has 1 aromatic heterocycles. The van der Waals surface area contributed by atoms with E-state index < -0.39 is 11.4 Å². The molecule has 5 heteroatoms. The lowest BCUT2D eigenvalue weighted by Gasteiger charge is -2.36. The Labute approximate surface area is 184 Å². The molecule has 1 aromatic carbocycles. The molecule has 0 radical (unpaired) electrons. The lowest BCUT2D eigenvalue weighted by atomic mass is 9.72. The fourth-order valence-electron chi connectivity index (χ4n) is 3.93. The van der Waals surface area contributed by atoms with Crippen molar-refractivity contribution in [3.8, 4) is 5.75 Å². The normalized spacial score (nSPS) is 22.2. The monoisotopic (exact) mass is 428 g/mol. The Balaban J connectivity index is 1.69. The summed E-state index contributed by atoms with van der Waals surface area (Å²) < 4.78 is 22.6. The van der Waals surface area contributed by atoms with Crippen molar-refractivity contribution in [3.63, 3.8) is 0 Å². The summed E-state index contributed by atoms with van der Waals surface area (Å²) in [5, 5.41) is 1.05. The number of fused-ring (bicyclic) bond motifs is 1. The highest BCUT2D eigenvalue weighted by Crippen LogP contribution is 2.39. The second-order valence-corrected chi connectivity index (χ2v) is 12.5. The van der Waals surface area contributed by atoms with Crippen LogP contribution in [0.2, 0.25) is 0 Å². The Bertz CT molecular complexity index is 903. The van der Waals surface area contributed by atoms with Crippen molar-refractivity contribution in [1.82, 2.24) is 4.98 Å². The molecule has 0 N–H and O–H groups in total. The van der Waals surface area contributed by atoms with Gasteiger partial charge in [0.05, 0.1) is 17.3 Å². The number of ether oxygens (including phenoxy) is 1. The molecule has 0 saturated heterocycles. The summed E-state index contributed by atoms with van der Waals surface area (Å²) in [6, 6.07) is 10.1. The highest BCUT2D eigenvalue weighted by Gasteiger charge is 2.30. The molecule has 0 spiro atoms. The highest BCUT2D eigenvalue weighted by molar-refractivity contribution is 7.91. The van der Waals surface area contributed by atoms with Crippen molar-refractivity contribution in [2.75, 3.05) is 0 Å². The van der Waals surface area contributed by atoms with Crippen molar-refractivity contribution >= 4 is 28.0 Å². The van der Waals surface area contributed by atoms with E-state index in [1.54, 1.807) is 0 Å². The number of pyridine rings is 1. The number of hydrogen-bond acceptors (Lipinski definition) is 4. The third-order valence-electron chi connectivity index (χ3n) is 5.98. The first kappa shape index (κ1) is 23.1. The van der Waals surface area contributed by atoms with Crippen LogP contribution in [-0.4, -0.2) is 26.1 Å². The van der Waals surface area contributed by atoms with Gasteiger partial charge in [0.2, 0.25) is 0 Å². The maximum atomic E-state index is 12.3. The van der Waals surface area contributed by atoms with Gasteiger partial charge < -0.3 is 9.29 Å². The minimum atomic E-state index is -1.29. The molecule has 1 fully saturated rings. The number of benzene rings is 1. The molecular weight excluding hydrogens is 392 g/mol. The van der Waals surface area contributed by atoms with Crippen LogP contribution in [0.1, 0.15) is 79.8 Å². The van der Waals surface area contributed by atoms with E-state index in [9.17, 15) is 4.55 Å². The highest BCUT2D eigenvalue weighted by atomic mass is 32.2. The zero-order chi connectivity index (χ0) is 22.1. The molecule has 0 aliphatic heterocycles. The molecule has 0 amide bonds. The van der Waals surface area contributed by atoms with E-state index in [0.29, 0.717) is 17.2 Å². The van der Waals surface area contributed by atoms with Gasteiger partial charge in [0.15, 0.2) is 0 Å².